The van der Waals surface area contributed by atoms with Gasteiger partial charge in [-0.2, -0.15) is 0 Å². The average Bonchev–Trinajstić information content (AvgIpc) is 3.10. The number of rotatable bonds is 7. The third-order valence-electron chi connectivity index (χ3n) is 5.35. The smallest absolute Gasteiger partial charge is 0.223 e. The van der Waals surface area contributed by atoms with Crippen LogP contribution in [-0.4, -0.2) is 43.0 Å². The van der Waals surface area contributed by atoms with Crippen LogP contribution in [-0.2, 0) is 22.6 Å². The summed E-state index contributed by atoms with van der Waals surface area (Å²) in [6.45, 7) is 2.99. The fourth-order valence-electron chi connectivity index (χ4n) is 3.80. The van der Waals surface area contributed by atoms with Crippen LogP contribution in [0.15, 0.2) is 48.5 Å². The molecule has 2 heterocycles. The quantitative estimate of drug-likeness (QED) is 0.784. The number of aryl methyl sites for hydroxylation is 1. The molecule has 2 aliphatic heterocycles. The first kappa shape index (κ1) is 19.3. The first-order valence-corrected chi connectivity index (χ1v) is 10.1. The van der Waals surface area contributed by atoms with Crippen molar-refractivity contribution in [1.29, 1.82) is 0 Å². The second-order valence-corrected chi connectivity index (χ2v) is 7.61. The lowest BCUT2D eigenvalue weighted by Crippen LogP contribution is -2.31. The first-order chi connectivity index (χ1) is 14.2. The zero-order valence-corrected chi connectivity index (χ0v) is 16.4. The Balaban J connectivity index is 1.20. The van der Waals surface area contributed by atoms with Crippen LogP contribution >= 0.6 is 0 Å². The number of benzene rings is 2. The molecule has 0 radical (unpaired) electrons. The molecule has 1 fully saturated rings. The van der Waals surface area contributed by atoms with Gasteiger partial charge in [-0.15, -0.1) is 0 Å². The van der Waals surface area contributed by atoms with E-state index < -0.39 is 0 Å². The summed E-state index contributed by atoms with van der Waals surface area (Å²) >= 11 is 0. The zero-order valence-electron chi connectivity index (χ0n) is 16.4. The predicted molar refractivity (Wildman–Crippen MR) is 109 cm³/mol. The van der Waals surface area contributed by atoms with Crippen molar-refractivity contribution < 1.29 is 19.1 Å². The number of hydrogen-bond acceptors (Lipinski definition) is 4. The van der Waals surface area contributed by atoms with Gasteiger partial charge in [0, 0.05) is 38.4 Å². The number of ether oxygens (including phenoxy) is 2. The number of carbonyl (C=O) groups excluding carboxylic acids is 2. The van der Waals surface area contributed by atoms with Crippen LogP contribution in [0.25, 0.3) is 0 Å². The maximum Gasteiger partial charge on any atom is 0.223 e. The van der Waals surface area contributed by atoms with E-state index in [0.29, 0.717) is 52.1 Å². The Bertz CT molecular complexity index is 868. The molecule has 6 nitrogen and oxygen atoms in total. The van der Waals surface area contributed by atoms with E-state index in [1.807, 2.05) is 53.4 Å². The summed E-state index contributed by atoms with van der Waals surface area (Å²) < 4.78 is 11.1. The van der Waals surface area contributed by atoms with Gasteiger partial charge < -0.3 is 19.7 Å². The van der Waals surface area contributed by atoms with Crippen LogP contribution < -0.4 is 14.8 Å². The SMILES string of the molecule is O=C(CCc1ccc2c(c1)OCCO2)NCC1CC(=O)N(Cc2ccccc2)C1. The van der Waals surface area contributed by atoms with Gasteiger partial charge in [0.25, 0.3) is 0 Å². The minimum atomic E-state index is 0.00819. The van der Waals surface area contributed by atoms with Crippen molar-refractivity contribution in [3.05, 3.63) is 59.7 Å². The standard InChI is InChI=1S/C23H26N2O4/c26-22(9-7-17-6-8-20-21(12-17)29-11-10-28-20)24-14-19-13-23(27)25(16-19)15-18-4-2-1-3-5-18/h1-6,8,12,19H,7,9-11,13-16H2,(H,24,26). The maximum atomic E-state index is 12.3. The topological polar surface area (TPSA) is 67.9 Å². The van der Waals surface area contributed by atoms with E-state index >= 15 is 0 Å². The van der Waals surface area contributed by atoms with Crippen LogP contribution in [0, 0.1) is 5.92 Å². The molecule has 2 aliphatic rings. The average molecular weight is 394 g/mol. The summed E-state index contributed by atoms with van der Waals surface area (Å²) in [6, 6.07) is 15.8. The van der Waals surface area contributed by atoms with Crippen molar-refractivity contribution in [3.8, 4) is 11.5 Å². The van der Waals surface area contributed by atoms with E-state index in [4.69, 9.17) is 9.47 Å². The Morgan fingerprint density at radius 1 is 1.03 bits per heavy atom. The van der Waals surface area contributed by atoms with Gasteiger partial charge in [-0.25, -0.2) is 0 Å². The van der Waals surface area contributed by atoms with Crippen molar-refractivity contribution >= 4 is 11.8 Å². The fraction of sp³-hybridized carbons (Fsp3) is 0.391. The van der Waals surface area contributed by atoms with E-state index in [1.165, 1.54) is 0 Å². The van der Waals surface area contributed by atoms with Crippen LogP contribution in [0.2, 0.25) is 0 Å². The maximum absolute atomic E-state index is 12.3. The number of amides is 2. The molecule has 0 saturated carbocycles. The van der Waals surface area contributed by atoms with Gasteiger partial charge in [-0.1, -0.05) is 36.4 Å². The van der Waals surface area contributed by atoms with E-state index in [1.54, 1.807) is 0 Å². The van der Waals surface area contributed by atoms with Crippen LogP contribution in [0.4, 0.5) is 0 Å². The molecule has 6 heteroatoms. The van der Waals surface area contributed by atoms with Crippen molar-refractivity contribution in [3.63, 3.8) is 0 Å². The Kier molecular flexibility index (Phi) is 5.98. The molecule has 0 aromatic heterocycles. The minimum absolute atomic E-state index is 0.00819. The number of carbonyl (C=O) groups is 2. The summed E-state index contributed by atoms with van der Waals surface area (Å²) in [5.41, 5.74) is 2.18. The largest absolute Gasteiger partial charge is 0.486 e. The van der Waals surface area contributed by atoms with Gasteiger partial charge >= 0.3 is 0 Å². The molecule has 2 amide bonds. The first-order valence-electron chi connectivity index (χ1n) is 10.1. The molecule has 4 rings (SSSR count). The highest BCUT2D eigenvalue weighted by Crippen LogP contribution is 2.31. The van der Waals surface area contributed by atoms with E-state index in [9.17, 15) is 9.59 Å². The van der Waals surface area contributed by atoms with E-state index in [-0.39, 0.29) is 17.7 Å². The van der Waals surface area contributed by atoms with Crippen LogP contribution in [0.5, 0.6) is 11.5 Å². The van der Waals surface area contributed by atoms with Gasteiger partial charge in [-0.3, -0.25) is 9.59 Å². The second kappa shape index (κ2) is 8.99. The van der Waals surface area contributed by atoms with Crippen molar-refractivity contribution in [2.24, 2.45) is 5.92 Å². The van der Waals surface area contributed by atoms with Gasteiger partial charge in [0.1, 0.15) is 13.2 Å². The molecule has 152 valence electrons. The lowest BCUT2D eigenvalue weighted by molar-refractivity contribution is -0.128. The Labute approximate surface area is 170 Å². The second-order valence-electron chi connectivity index (χ2n) is 7.61. The lowest BCUT2D eigenvalue weighted by Gasteiger charge is -2.19. The molecule has 1 N–H and O–H groups in total. The molecule has 29 heavy (non-hydrogen) atoms. The monoisotopic (exact) mass is 394 g/mol. The minimum Gasteiger partial charge on any atom is -0.486 e. The number of likely N-dealkylation sites (tertiary alicyclic amines) is 1. The summed E-state index contributed by atoms with van der Waals surface area (Å²) in [5, 5.41) is 2.99. The zero-order chi connectivity index (χ0) is 20.1. The molecule has 0 bridgehead atoms. The molecule has 2 aromatic rings. The van der Waals surface area contributed by atoms with Gasteiger partial charge in [-0.05, 0) is 29.7 Å². The Morgan fingerprint density at radius 3 is 2.66 bits per heavy atom. The molecular weight excluding hydrogens is 368 g/mol. The molecule has 1 atom stereocenters. The summed E-state index contributed by atoms with van der Waals surface area (Å²) in [7, 11) is 0. The highest BCUT2D eigenvalue weighted by Gasteiger charge is 2.29. The Hall–Kier alpha value is -3.02. The van der Waals surface area contributed by atoms with Gasteiger partial charge in [0.05, 0.1) is 0 Å². The number of nitrogens with one attached hydrogen (secondary N) is 1. The third kappa shape index (κ3) is 5.08. The fourth-order valence-corrected chi connectivity index (χ4v) is 3.80. The molecule has 2 aromatic carbocycles. The van der Waals surface area contributed by atoms with Gasteiger partial charge in [0.2, 0.25) is 11.8 Å². The highest BCUT2D eigenvalue weighted by molar-refractivity contribution is 5.79. The molecule has 0 spiro atoms. The number of nitrogens with zero attached hydrogens (tertiary/aromatic N) is 1. The summed E-state index contributed by atoms with van der Waals surface area (Å²) in [4.78, 5) is 26.4. The molecule has 0 aliphatic carbocycles. The molecular formula is C23H26N2O4. The summed E-state index contributed by atoms with van der Waals surface area (Å²) in [5.74, 6) is 1.84. The highest BCUT2D eigenvalue weighted by atomic mass is 16.6. The van der Waals surface area contributed by atoms with Crippen molar-refractivity contribution in [2.45, 2.75) is 25.8 Å². The van der Waals surface area contributed by atoms with E-state index in [2.05, 4.69) is 5.32 Å². The van der Waals surface area contributed by atoms with Crippen molar-refractivity contribution in [2.75, 3.05) is 26.3 Å². The lowest BCUT2D eigenvalue weighted by atomic mass is 10.1. The van der Waals surface area contributed by atoms with Crippen molar-refractivity contribution in [1.82, 2.24) is 10.2 Å². The van der Waals surface area contributed by atoms with Crippen LogP contribution in [0.3, 0.4) is 0 Å². The third-order valence-corrected chi connectivity index (χ3v) is 5.35. The normalized spacial score (nSPS) is 18.0. The summed E-state index contributed by atoms with van der Waals surface area (Å²) in [6.07, 6.45) is 1.55. The predicted octanol–water partition coefficient (Wildman–Crippen LogP) is 2.56. The van der Waals surface area contributed by atoms with Gasteiger partial charge in [0.15, 0.2) is 11.5 Å². The molecule has 1 unspecified atom stereocenters. The van der Waals surface area contributed by atoms with E-state index in [0.717, 1.165) is 22.6 Å². The van der Waals surface area contributed by atoms with Crippen LogP contribution in [0.1, 0.15) is 24.0 Å². The molecule has 1 saturated heterocycles. The number of fused-ring (bicyclic) bond motifs is 1. The number of hydrogen-bond donors (Lipinski definition) is 1. The Morgan fingerprint density at radius 2 is 1.83 bits per heavy atom.